The third-order valence-corrected chi connectivity index (χ3v) is 3.16. The van der Waals surface area contributed by atoms with Gasteiger partial charge in [0.25, 0.3) is 0 Å². The molecule has 0 aliphatic rings. The first kappa shape index (κ1) is 15.2. The van der Waals surface area contributed by atoms with Gasteiger partial charge in [-0.15, -0.1) is 0 Å². The fourth-order valence-electron chi connectivity index (χ4n) is 1.79. The molecule has 1 atom stereocenters. The fourth-order valence-corrected chi connectivity index (χ4v) is 1.79. The van der Waals surface area contributed by atoms with Gasteiger partial charge in [-0.25, -0.2) is 4.79 Å². The van der Waals surface area contributed by atoms with Crippen LogP contribution in [0.25, 0.3) is 0 Å². The Kier molecular flexibility index (Phi) is 4.67. The second-order valence-electron chi connectivity index (χ2n) is 5.18. The zero-order chi connectivity index (χ0) is 15.3. The molecule has 1 aromatic heterocycles. The van der Waals surface area contributed by atoms with Crippen LogP contribution in [0, 0.1) is 0 Å². The molecule has 0 aliphatic heterocycles. The van der Waals surface area contributed by atoms with Gasteiger partial charge in [-0.05, 0) is 43.7 Å². The first-order chi connectivity index (χ1) is 10.0. The Balaban J connectivity index is 2.00. The van der Waals surface area contributed by atoms with E-state index in [0.717, 1.165) is 5.56 Å². The van der Waals surface area contributed by atoms with E-state index in [-0.39, 0.29) is 0 Å². The molecule has 5 heteroatoms. The third kappa shape index (κ3) is 3.87. The number of carbonyl (C=O) groups excluding carboxylic acids is 1. The molecule has 0 amide bonds. The summed E-state index contributed by atoms with van der Waals surface area (Å²) in [6, 6.07) is 11.8. The lowest BCUT2D eigenvalue weighted by molar-refractivity contribution is -0.312. The van der Waals surface area contributed by atoms with Gasteiger partial charge in [0.15, 0.2) is 0 Å². The minimum absolute atomic E-state index is 0.422. The number of nitrogens with two attached hydrogens (primary N) is 1. The summed E-state index contributed by atoms with van der Waals surface area (Å²) in [5.74, 6) is -0.550. The van der Waals surface area contributed by atoms with Crippen molar-refractivity contribution in [3.63, 3.8) is 0 Å². The van der Waals surface area contributed by atoms with E-state index in [1.165, 1.54) is 0 Å². The van der Waals surface area contributed by atoms with E-state index < -0.39 is 17.6 Å². The van der Waals surface area contributed by atoms with Gasteiger partial charge in [-0.2, -0.15) is 4.89 Å². The fraction of sp³-hybridized carbons (Fsp3) is 0.250. The highest BCUT2D eigenvalue weighted by atomic mass is 17.2. The number of hydrogen-bond donors (Lipinski definition) is 1. The highest BCUT2D eigenvalue weighted by molar-refractivity contribution is 5.88. The average Bonchev–Trinajstić information content (AvgIpc) is 2.53. The van der Waals surface area contributed by atoms with E-state index in [0.29, 0.717) is 5.56 Å². The summed E-state index contributed by atoms with van der Waals surface area (Å²) in [4.78, 5) is 26.0. The first-order valence-electron chi connectivity index (χ1n) is 6.61. The molecule has 0 bridgehead atoms. The number of hydrogen-bond acceptors (Lipinski definition) is 5. The topological polar surface area (TPSA) is 74.4 Å². The van der Waals surface area contributed by atoms with Gasteiger partial charge in [0.1, 0.15) is 5.60 Å². The van der Waals surface area contributed by atoms with Crippen LogP contribution < -0.4 is 5.73 Å². The molecule has 0 saturated heterocycles. The number of rotatable bonds is 5. The molecule has 2 N–H and O–H groups in total. The molecule has 110 valence electrons. The maximum atomic E-state index is 11.9. The van der Waals surface area contributed by atoms with Gasteiger partial charge in [0.05, 0.1) is 11.6 Å². The van der Waals surface area contributed by atoms with Crippen molar-refractivity contribution in [1.82, 2.24) is 4.98 Å². The maximum absolute atomic E-state index is 11.9. The summed E-state index contributed by atoms with van der Waals surface area (Å²) < 4.78 is 0. The van der Waals surface area contributed by atoms with Crippen LogP contribution in [0.5, 0.6) is 0 Å². The Labute approximate surface area is 123 Å². The lowest BCUT2D eigenvalue weighted by atomic mass is 9.93. The normalized spacial score (nSPS) is 12.7. The van der Waals surface area contributed by atoms with Gasteiger partial charge in [-0.3, -0.25) is 9.87 Å². The highest BCUT2D eigenvalue weighted by Crippen LogP contribution is 2.26. The van der Waals surface area contributed by atoms with Crippen LogP contribution in [0.4, 0.5) is 0 Å². The molecule has 21 heavy (non-hydrogen) atoms. The SMILES string of the molecule is CC(C)(OOC(=O)c1ccccc1)C(N)c1ccncc1. The number of carbonyl (C=O) groups is 1. The van der Waals surface area contributed by atoms with Crippen molar-refractivity contribution in [3.8, 4) is 0 Å². The molecule has 0 saturated carbocycles. The summed E-state index contributed by atoms with van der Waals surface area (Å²) in [6.45, 7) is 3.52. The van der Waals surface area contributed by atoms with Crippen molar-refractivity contribution in [2.24, 2.45) is 5.73 Å². The van der Waals surface area contributed by atoms with Crippen LogP contribution >= 0.6 is 0 Å². The van der Waals surface area contributed by atoms with Crippen molar-refractivity contribution < 1.29 is 14.6 Å². The third-order valence-electron chi connectivity index (χ3n) is 3.16. The van der Waals surface area contributed by atoms with Crippen molar-refractivity contribution in [2.75, 3.05) is 0 Å². The Bertz CT molecular complexity index is 585. The quantitative estimate of drug-likeness (QED) is 0.675. The molecule has 0 radical (unpaired) electrons. The Morgan fingerprint density at radius 2 is 1.76 bits per heavy atom. The lowest BCUT2D eigenvalue weighted by Gasteiger charge is -2.29. The van der Waals surface area contributed by atoms with E-state index in [4.69, 9.17) is 15.5 Å². The molecular formula is C16H18N2O3. The number of pyridine rings is 1. The monoisotopic (exact) mass is 286 g/mol. The zero-order valence-electron chi connectivity index (χ0n) is 12.0. The number of nitrogens with zero attached hydrogens (tertiary/aromatic N) is 1. The van der Waals surface area contributed by atoms with Crippen molar-refractivity contribution in [1.29, 1.82) is 0 Å². The molecule has 2 aromatic rings. The smallest absolute Gasteiger partial charge is 0.321 e. The molecule has 0 spiro atoms. The molecule has 1 aromatic carbocycles. The van der Waals surface area contributed by atoms with E-state index in [1.807, 2.05) is 6.07 Å². The largest absolute Gasteiger partial charge is 0.373 e. The van der Waals surface area contributed by atoms with Crippen LogP contribution in [0.15, 0.2) is 54.9 Å². The number of aromatic nitrogens is 1. The maximum Gasteiger partial charge on any atom is 0.373 e. The van der Waals surface area contributed by atoms with Crippen LogP contribution in [0.2, 0.25) is 0 Å². The van der Waals surface area contributed by atoms with Crippen LogP contribution in [-0.2, 0) is 9.78 Å². The molecule has 1 unspecified atom stereocenters. The lowest BCUT2D eigenvalue weighted by Crippen LogP contribution is -2.38. The molecule has 0 fully saturated rings. The summed E-state index contributed by atoms with van der Waals surface area (Å²) in [5.41, 5.74) is 6.56. The summed E-state index contributed by atoms with van der Waals surface area (Å²) in [6.07, 6.45) is 3.31. The Hall–Kier alpha value is -2.24. The van der Waals surface area contributed by atoms with Crippen molar-refractivity contribution >= 4 is 5.97 Å². The first-order valence-corrected chi connectivity index (χ1v) is 6.61. The van der Waals surface area contributed by atoms with Gasteiger partial charge in [0, 0.05) is 12.4 Å². The Morgan fingerprint density at radius 1 is 1.14 bits per heavy atom. The van der Waals surface area contributed by atoms with Gasteiger partial charge >= 0.3 is 5.97 Å². The second kappa shape index (κ2) is 6.47. The molecule has 2 rings (SSSR count). The molecule has 1 heterocycles. The summed E-state index contributed by atoms with van der Waals surface area (Å²) in [7, 11) is 0. The molecule has 5 nitrogen and oxygen atoms in total. The van der Waals surface area contributed by atoms with Gasteiger partial charge in [-0.1, -0.05) is 18.2 Å². The average molecular weight is 286 g/mol. The van der Waals surface area contributed by atoms with Crippen molar-refractivity contribution in [3.05, 3.63) is 66.0 Å². The van der Waals surface area contributed by atoms with Gasteiger partial charge < -0.3 is 5.73 Å². The Morgan fingerprint density at radius 3 is 2.38 bits per heavy atom. The van der Waals surface area contributed by atoms with Gasteiger partial charge in [0.2, 0.25) is 0 Å². The minimum Gasteiger partial charge on any atom is -0.321 e. The molecule has 0 aliphatic carbocycles. The van der Waals surface area contributed by atoms with E-state index in [9.17, 15) is 4.79 Å². The predicted octanol–water partition coefficient (Wildman–Crippen LogP) is 2.65. The zero-order valence-corrected chi connectivity index (χ0v) is 12.0. The summed E-state index contributed by atoms with van der Waals surface area (Å²) >= 11 is 0. The van der Waals surface area contributed by atoms with Crippen LogP contribution in [0.1, 0.15) is 35.8 Å². The summed E-state index contributed by atoms with van der Waals surface area (Å²) in [5, 5.41) is 0. The van der Waals surface area contributed by atoms with Crippen LogP contribution in [-0.4, -0.2) is 16.6 Å². The highest BCUT2D eigenvalue weighted by Gasteiger charge is 2.31. The van der Waals surface area contributed by atoms with E-state index >= 15 is 0 Å². The minimum atomic E-state index is -0.869. The second-order valence-corrected chi connectivity index (χ2v) is 5.18. The predicted molar refractivity (Wildman–Crippen MR) is 78.2 cm³/mol. The van der Waals surface area contributed by atoms with Crippen LogP contribution in [0.3, 0.4) is 0 Å². The molecular weight excluding hydrogens is 268 g/mol. The van der Waals surface area contributed by atoms with E-state index in [2.05, 4.69) is 4.98 Å². The van der Waals surface area contributed by atoms with Crippen molar-refractivity contribution in [2.45, 2.75) is 25.5 Å². The standard InChI is InChI=1S/C16H18N2O3/c1-16(2,14(17)12-8-10-18-11-9-12)21-20-15(19)13-6-4-3-5-7-13/h3-11,14H,17H2,1-2H3. The number of benzene rings is 1. The van der Waals surface area contributed by atoms with E-state index in [1.54, 1.807) is 62.6 Å².